The fourth-order valence-corrected chi connectivity index (χ4v) is 2.57. The van der Waals surface area contributed by atoms with E-state index >= 15 is 0 Å². The minimum absolute atomic E-state index is 0.297. The molecule has 1 aromatic carbocycles. The molecule has 5 heteroatoms. The van der Waals surface area contributed by atoms with Gasteiger partial charge < -0.3 is 4.52 Å². The number of hydrogen-bond donors (Lipinski definition) is 0. The Morgan fingerprint density at radius 3 is 2.50 bits per heavy atom. The van der Waals surface area contributed by atoms with Crippen LogP contribution in [0.25, 0.3) is 5.76 Å². The maximum Gasteiger partial charge on any atom is 0.530 e. The first-order valence-corrected chi connectivity index (χ1v) is 6.49. The summed E-state index contributed by atoms with van der Waals surface area (Å²) in [4.78, 5) is 0. The van der Waals surface area contributed by atoms with Gasteiger partial charge in [0.05, 0.1) is 13.2 Å². The molecule has 0 amide bonds. The predicted molar refractivity (Wildman–Crippen MR) is 60.7 cm³/mol. The average molecular weight is 240 g/mol. The van der Waals surface area contributed by atoms with E-state index in [1.165, 1.54) is 0 Å². The third-order valence-corrected chi connectivity index (χ3v) is 3.55. The Balaban J connectivity index is 2.05. The van der Waals surface area contributed by atoms with Crippen molar-refractivity contribution in [1.29, 1.82) is 0 Å². The lowest BCUT2D eigenvalue weighted by atomic mass is 10.2. The van der Waals surface area contributed by atoms with Gasteiger partial charge in [0, 0.05) is 5.56 Å². The molecule has 1 aliphatic rings. The summed E-state index contributed by atoms with van der Waals surface area (Å²) in [6.07, 6.45) is 0.727. The second-order valence-corrected chi connectivity index (χ2v) is 4.94. The van der Waals surface area contributed by atoms with Crippen LogP contribution in [-0.4, -0.2) is 13.2 Å². The molecule has 1 aliphatic heterocycles. The van der Waals surface area contributed by atoms with Gasteiger partial charge in [0.25, 0.3) is 0 Å². The first kappa shape index (κ1) is 11.4. The van der Waals surface area contributed by atoms with E-state index in [1.54, 1.807) is 0 Å². The van der Waals surface area contributed by atoms with Gasteiger partial charge in [0.2, 0.25) is 0 Å². The normalized spacial score (nSPS) is 19.0. The smallest absolute Gasteiger partial charge is 0.404 e. The van der Waals surface area contributed by atoms with Gasteiger partial charge in [0.15, 0.2) is 0 Å². The van der Waals surface area contributed by atoms with Crippen LogP contribution < -0.4 is 0 Å². The van der Waals surface area contributed by atoms with Crippen LogP contribution >= 0.6 is 7.82 Å². The third kappa shape index (κ3) is 2.73. The Kier molecular flexibility index (Phi) is 3.44. The molecule has 16 heavy (non-hydrogen) atoms. The lowest BCUT2D eigenvalue weighted by Gasteiger charge is -2.23. The summed E-state index contributed by atoms with van der Waals surface area (Å²) < 4.78 is 27.1. The van der Waals surface area contributed by atoms with Gasteiger partial charge in [-0.25, -0.2) is 4.57 Å². The molecule has 1 heterocycles. The molecule has 1 aromatic rings. The Morgan fingerprint density at radius 1 is 1.25 bits per heavy atom. The zero-order chi connectivity index (χ0) is 11.4. The van der Waals surface area contributed by atoms with Crippen molar-refractivity contribution in [3.8, 4) is 0 Å². The molecule has 0 aliphatic carbocycles. The maximum atomic E-state index is 11.9. The van der Waals surface area contributed by atoms with Crippen molar-refractivity contribution in [2.24, 2.45) is 0 Å². The molecule has 0 bridgehead atoms. The highest BCUT2D eigenvalue weighted by atomic mass is 31.2. The number of phosphoric acid groups is 1. The van der Waals surface area contributed by atoms with Crippen molar-refractivity contribution in [3.05, 3.63) is 42.5 Å². The van der Waals surface area contributed by atoms with Crippen molar-refractivity contribution in [2.45, 2.75) is 6.42 Å². The first-order chi connectivity index (χ1) is 7.70. The van der Waals surface area contributed by atoms with E-state index in [1.807, 2.05) is 30.3 Å². The van der Waals surface area contributed by atoms with Crippen LogP contribution in [0, 0.1) is 0 Å². The Morgan fingerprint density at radius 2 is 1.88 bits per heavy atom. The second-order valence-electron chi connectivity index (χ2n) is 3.35. The first-order valence-electron chi connectivity index (χ1n) is 5.03. The highest BCUT2D eigenvalue weighted by Crippen LogP contribution is 2.54. The second kappa shape index (κ2) is 4.83. The summed E-state index contributed by atoms with van der Waals surface area (Å²) in [6.45, 7) is 4.49. The SMILES string of the molecule is C=C(OP1(=O)OCCCO1)c1ccccc1. The average Bonchev–Trinajstić information content (AvgIpc) is 2.30. The zero-order valence-corrected chi connectivity index (χ0v) is 9.69. The van der Waals surface area contributed by atoms with E-state index in [-0.39, 0.29) is 0 Å². The van der Waals surface area contributed by atoms with Crippen molar-refractivity contribution >= 4 is 13.6 Å². The quantitative estimate of drug-likeness (QED) is 0.601. The molecular formula is C11H13O4P. The van der Waals surface area contributed by atoms with Gasteiger partial charge in [-0.05, 0) is 6.42 Å². The zero-order valence-electron chi connectivity index (χ0n) is 8.80. The number of rotatable bonds is 3. The van der Waals surface area contributed by atoms with Gasteiger partial charge in [-0.2, -0.15) is 0 Å². The summed E-state index contributed by atoms with van der Waals surface area (Å²) in [7, 11) is -3.43. The molecule has 1 fully saturated rings. The van der Waals surface area contributed by atoms with Gasteiger partial charge in [-0.3, -0.25) is 9.05 Å². The molecule has 2 rings (SSSR count). The molecule has 0 aromatic heterocycles. The maximum absolute atomic E-state index is 11.9. The topological polar surface area (TPSA) is 44.8 Å². The molecule has 0 saturated carbocycles. The molecule has 1 saturated heterocycles. The van der Waals surface area contributed by atoms with Crippen LogP contribution in [-0.2, 0) is 18.1 Å². The Hall–Kier alpha value is -1.09. The van der Waals surface area contributed by atoms with Gasteiger partial charge in [-0.1, -0.05) is 36.9 Å². The van der Waals surface area contributed by atoms with Crippen molar-refractivity contribution in [2.75, 3.05) is 13.2 Å². The van der Waals surface area contributed by atoms with E-state index in [0.717, 1.165) is 12.0 Å². The Bertz CT molecular complexity index is 405. The molecule has 0 unspecified atom stereocenters. The van der Waals surface area contributed by atoms with Crippen LogP contribution in [0.1, 0.15) is 12.0 Å². The summed E-state index contributed by atoms with van der Waals surface area (Å²) >= 11 is 0. The highest BCUT2D eigenvalue weighted by molar-refractivity contribution is 7.48. The largest absolute Gasteiger partial charge is 0.530 e. The fourth-order valence-electron chi connectivity index (χ4n) is 1.31. The van der Waals surface area contributed by atoms with E-state index in [9.17, 15) is 4.57 Å². The monoisotopic (exact) mass is 240 g/mol. The van der Waals surface area contributed by atoms with Crippen LogP contribution in [0.3, 0.4) is 0 Å². The molecule has 4 nitrogen and oxygen atoms in total. The van der Waals surface area contributed by atoms with Crippen LogP contribution in [0.15, 0.2) is 36.9 Å². The van der Waals surface area contributed by atoms with Gasteiger partial charge >= 0.3 is 7.82 Å². The lowest BCUT2D eigenvalue weighted by molar-refractivity contribution is 0.101. The summed E-state index contributed by atoms with van der Waals surface area (Å²) in [6, 6.07) is 9.22. The van der Waals surface area contributed by atoms with Crippen molar-refractivity contribution in [3.63, 3.8) is 0 Å². The summed E-state index contributed by atoms with van der Waals surface area (Å²) in [5.74, 6) is 0.297. The molecule has 0 spiro atoms. The standard InChI is InChI=1S/C11H13O4P/c1-10(11-6-3-2-4-7-11)15-16(12)13-8-5-9-14-16/h2-4,6-7H,1,5,8-9H2. The van der Waals surface area contributed by atoms with E-state index in [2.05, 4.69) is 6.58 Å². The third-order valence-electron chi connectivity index (χ3n) is 2.11. The lowest BCUT2D eigenvalue weighted by Crippen LogP contribution is -2.09. The number of benzene rings is 1. The van der Waals surface area contributed by atoms with Gasteiger partial charge in [0.1, 0.15) is 5.76 Å². The van der Waals surface area contributed by atoms with Crippen LogP contribution in [0.5, 0.6) is 0 Å². The summed E-state index contributed by atoms with van der Waals surface area (Å²) in [5.41, 5.74) is 0.760. The van der Waals surface area contributed by atoms with E-state index < -0.39 is 7.82 Å². The molecule has 0 atom stereocenters. The van der Waals surface area contributed by atoms with E-state index in [0.29, 0.717) is 19.0 Å². The Labute approximate surface area is 94.5 Å². The molecule has 86 valence electrons. The number of phosphoric ester groups is 1. The predicted octanol–water partition coefficient (Wildman–Crippen LogP) is 3.22. The highest BCUT2D eigenvalue weighted by Gasteiger charge is 2.32. The minimum atomic E-state index is -3.43. The van der Waals surface area contributed by atoms with Crippen LogP contribution in [0.4, 0.5) is 0 Å². The molecular weight excluding hydrogens is 227 g/mol. The van der Waals surface area contributed by atoms with E-state index in [4.69, 9.17) is 13.6 Å². The molecule has 0 radical (unpaired) electrons. The fraction of sp³-hybridized carbons (Fsp3) is 0.273. The van der Waals surface area contributed by atoms with Crippen LogP contribution in [0.2, 0.25) is 0 Å². The molecule has 0 N–H and O–H groups in total. The van der Waals surface area contributed by atoms with Crippen molar-refractivity contribution in [1.82, 2.24) is 0 Å². The van der Waals surface area contributed by atoms with Crippen molar-refractivity contribution < 1.29 is 18.1 Å². The summed E-state index contributed by atoms with van der Waals surface area (Å²) in [5, 5.41) is 0. The number of hydrogen-bond acceptors (Lipinski definition) is 4. The van der Waals surface area contributed by atoms with Gasteiger partial charge in [-0.15, -0.1) is 0 Å². The minimum Gasteiger partial charge on any atom is -0.404 e.